The van der Waals surface area contributed by atoms with Gasteiger partial charge in [0.25, 0.3) is 0 Å². The van der Waals surface area contributed by atoms with Gasteiger partial charge in [-0.3, -0.25) is 4.79 Å². The molecule has 1 aliphatic rings. The van der Waals surface area contributed by atoms with Crippen molar-refractivity contribution in [2.75, 3.05) is 20.3 Å². The third kappa shape index (κ3) is 5.33. The highest BCUT2D eigenvalue weighted by molar-refractivity contribution is 5.85. The van der Waals surface area contributed by atoms with Crippen molar-refractivity contribution in [3.05, 3.63) is 35.4 Å². The molecule has 4 nitrogen and oxygen atoms in total. The van der Waals surface area contributed by atoms with E-state index in [9.17, 15) is 18.0 Å². The topological polar surface area (TPSA) is 64.3 Å². The zero-order valence-corrected chi connectivity index (χ0v) is 14.9. The Morgan fingerprint density at radius 3 is 2.56 bits per heavy atom. The van der Waals surface area contributed by atoms with Crippen molar-refractivity contribution in [2.45, 2.75) is 43.3 Å². The molecule has 0 aromatic heterocycles. The fraction of sp³-hybridized carbons (Fsp3) is 0.588. The lowest BCUT2D eigenvalue weighted by Crippen LogP contribution is -2.48. The van der Waals surface area contributed by atoms with Gasteiger partial charge in [0, 0.05) is 19.1 Å². The third-order valence-electron chi connectivity index (χ3n) is 4.65. The van der Waals surface area contributed by atoms with Crippen LogP contribution < -0.4 is 11.1 Å². The van der Waals surface area contributed by atoms with Crippen LogP contribution in [0.4, 0.5) is 13.2 Å². The van der Waals surface area contributed by atoms with Crippen molar-refractivity contribution < 1.29 is 22.7 Å². The smallest absolute Gasteiger partial charge is 0.383 e. The molecule has 1 aromatic carbocycles. The molecule has 1 amide bonds. The molecule has 3 N–H and O–H groups in total. The van der Waals surface area contributed by atoms with Crippen LogP contribution in [0.1, 0.15) is 36.8 Å². The Hall–Kier alpha value is -1.31. The second-order valence-electron chi connectivity index (χ2n) is 6.35. The summed E-state index contributed by atoms with van der Waals surface area (Å²) in [5.41, 5.74) is 5.18. The lowest BCUT2D eigenvalue weighted by molar-refractivity contribution is -0.137. The van der Waals surface area contributed by atoms with Gasteiger partial charge in [-0.25, -0.2) is 0 Å². The van der Waals surface area contributed by atoms with Crippen LogP contribution in [0.15, 0.2) is 24.3 Å². The van der Waals surface area contributed by atoms with Crippen LogP contribution in [-0.2, 0) is 21.1 Å². The van der Waals surface area contributed by atoms with Gasteiger partial charge in [-0.15, -0.1) is 12.4 Å². The average molecular weight is 381 g/mol. The minimum absolute atomic E-state index is 0. The molecule has 1 saturated carbocycles. The molecule has 0 spiro atoms. The van der Waals surface area contributed by atoms with Crippen LogP contribution in [0.25, 0.3) is 0 Å². The summed E-state index contributed by atoms with van der Waals surface area (Å²) in [6, 6.07) is 4.62. The van der Waals surface area contributed by atoms with Gasteiger partial charge >= 0.3 is 6.18 Å². The molecule has 0 radical (unpaired) electrons. The van der Waals surface area contributed by atoms with Gasteiger partial charge in [-0.2, -0.15) is 13.2 Å². The number of rotatable bonds is 6. The first-order valence-corrected chi connectivity index (χ1v) is 7.98. The number of nitrogens with two attached hydrogens (primary N) is 1. The summed E-state index contributed by atoms with van der Waals surface area (Å²) in [5.74, 6) is -0.352. The maximum atomic E-state index is 13.0. The van der Waals surface area contributed by atoms with Crippen LogP contribution in [-0.4, -0.2) is 32.2 Å². The maximum Gasteiger partial charge on any atom is 0.416 e. The predicted octanol–water partition coefficient (Wildman–Crippen LogP) is 3.03. The molecule has 8 heteroatoms. The summed E-state index contributed by atoms with van der Waals surface area (Å²) < 4.78 is 43.8. The van der Waals surface area contributed by atoms with Crippen molar-refractivity contribution in [3.63, 3.8) is 0 Å². The van der Waals surface area contributed by atoms with E-state index in [2.05, 4.69) is 5.32 Å². The molecular formula is C17H24ClF3N2O2. The second kappa shape index (κ2) is 8.87. The molecular weight excluding hydrogens is 357 g/mol. The summed E-state index contributed by atoms with van der Waals surface area (Å²) in [7, 11) is 1.45. The van der Waals surface area contributed by atoms with E-state index in [4.69, 9.17) is 10.5 Å². The predicted molar refractivity (Wildman–Crippen MR) is 91.7 cm³/mol. The normalized spacial score (nSPS) is 17.6. The molecule has 1 fully saturated rings. The second-order valence-corrected chi connectivity index (χ2v) is 6.35. The Morgan fingerprint density at radius 2 is 2.00 bits per heavy atom. The third-order valence-corrected chi connectivity index (χ3v) is 4.65. The summed E-state index contributed by atoms with van der Waals surface area (Å²) in [6.45, 7) is 0.382. The quantitative estimate of drug-likeness (QED) is 0.797. The molecule has 0 saturated heterocycles. The first kappa shape index (κ1) is 21.7. The first-order valence-electron chi connectivity index (χ1n) is 7.98. The van der Waals surface area contributed by atoms with Crippen molar-refractivity contribution in [1.29, 1.82) is 0 Å². The highest BCUT2D eigenvalue weighted by Gasteiger charge is 2.38. The van der Waals surface area contributed by atoms with E-state index in [1.807, 2.05) is 0 Å². The number of nitrogens with one attached hydrogen (secondary N) is 1. The van der Waals surface area contributed by atoms with Gasteiger partial charge < -0.3 is 15.8 Å². The van der Waals surface area contributed by atoms with E-state index in [1.165, 1.54) is 19.2 Å². The van der Waals surface area contributed by atoms with Crippen LogP contribution in [0.5, 0.6) is 0 Å². The zero-order chi connectivity index (χ0) is 17.8. The molecule has 1 aliphatic carbocycles. The Morgan fingerprint density at radius 1 is 1.36 bits per heavy atom. The van der Waals surface area contributed by atoms with Gasteiger partial charge in [0.05, 0.1) is 12.2 Å². The number of amides is 1. The van der Waals surface area contributed by atoms with Gasteiger partial charge in [-0.05, 0) is 24.5 Å². The minimum atomic E-state index is -4.38. The SMILES string of the molecule is COCC(N)C(=O)NCC1(c2cccc(C(F)(F)F)c2)CCCC1.Cl. The van der Waals surface area contributed by atoms with Gasteiger partial charge in [0.1, 0.15) is 6.04 Å². The largest absolute Gasteiger partial charge is 0.416 e. The van der Waals surface area contributed by atoms with E-state index < -0.39 is 23.2 Å². The molecule has 0 bridgehead atoms. The lowest BCUT2D eigenvalue weighted by Gasteiger charge is -2.31. The zero-order valence-electron chi connectivity index (χ0n) is 14.1. The molecule has 0 heterocycles. The highest BCUT2D eigenvalue weighted by Crippen LogP contribution is 2.42. The van der Waals surface area contributed by atoms with Crippen LogP contribution in [0.2, 0.25) is 0 Å². The van der Waals surface area contributed by atoms with Crippen molar-refractivity contribution in [2.24, 2.45) is 5.73 Å². The first-order chi connectivity index (χ1) is 11.3. The molecule has 142 valence electrons. The van der Waals surface area contributed by atoms with Crippen LogP contribution >= 0.6 is 12.4 Å². The fourth-order valence-electron chi connectivity index (χ4n) is 3.29. The number of halogens is 4. The number of hydrogen-bond acceptors (Lipinski definition) is 3. The number of carbonyl (C=O) groups excluding carboxylic acids is 1. The summed E-state index contributed by atoms with van der Waals surface area (Å²) >= 11 is 0. The van der Waals surface area contributed by atoms with Crippen molar-refractivity contribution >= 4 is 18.3 Å². The molecule has 1 atom stereocenters. The Labute approximate surface area is 151 Å². The van der Waals surface area contributed by atoms with Crippen LogP contribution in [0, 0.1) is 0 Å². The van der Waals surface area contributed by atoms with E-state index in [1.54, 1.807) is 6.07 Å². The summed E-state index contributed by atoms with van der Waals surface area (Å²) in [6.07, 6.45) is -1.03. The average Bonchev–Trinajstić information content (AvgIpc) is 3.02. The van der Waals surface area contributed by atoms with Gasteiger partial charge in [-0.1, -0.05) is 31.0 Å². The number of carbonyl (C=O) groups is 1. The standard InChI is InChI=1S/C17H23F3N2O2.ClH/c1-24-10-14(21)15(23)22-11-16(7-2-3-8-16)12-5-4-6-13(9-12)17(18,19)20;/h4-6,9,14H,2-3,7-8,10-11,21H2,1H3,(H,22,23);1H. The Balaban J connectivity index is 0.00000312. The molecule has 0 aliphatic heterocycles. The molecule has 2 rings (SSSR count). The van der Waals surface area contributed by atoms with E-state index in [-0.39, 0.29) is 31.5 Å². The number of benzene rings is 1. The lowest BCUT2D eigenvalue weighted by atomic mass is 9.78. The molecule has 1 aromatic rings. The van der Waals surface area contributed by atoms with Gasteiger partial charge in [0.15, 0.2) is 0 Å². The Bertz CT molecular complexity index is 575. The van der Waals surface area contributed by atoms with E-state index in [0.717, 1.165) is 31.7 Å². The Kier molecular flexibility index (Phi) is 7.71. The number of ether oxygens (including phenoxy) is 1. The minimum Gasteiger partial charge on any atom is -0.383 e. The summed E-state index contributed by atoms with van der Waals surface area (Å²) in [5, 5.41) is 2.78. The molecule has 1 unspecified atom stereocenters. The van der Waals surface area contributed by atoms with E-state index in [0.29, 0.717) is 5.56 Å². The number of alkyl halides is 3. The van der Waals surface area contributed by atoms with E-state index >= 15 is 0 Å². The highest BCUT2D eigenvalue weighted by atomic mass is 35.5. The van der Waals surface area contributed by atoms with Crippen molar-refractivity contribution in [1.82, 2.24) is 5.32 Å². The number of hydrogen-bond donors (Lipinski definition) is 2. The fourth-order valence-corrected chi connectivity index (χ4v) is 3.29. The maximum absolute atomic E-state index is 13.0. The van der Waals surface area contributed by atoms with Gasteiger partial charge in [0.2, 0.25) is 5.91 Å². The number of methoxy groups -OCH3 is 1. The molecule has 25 heavy (non-hydrogen) atoms. The monoisotopic (exact) mass is 380 g/mol. The van der Waals surface area contributed by atoms with Crippen LogP contribution in [0.3, 0.4) is 0 Å². The summed E-state index contributed by atoms with van der Waals surface area (Å²) in [4.78, 5) is 12.0. The van der Waals surface area contributed by atoms with Crippen molar-refractivity contribution in [3.8, 4) is 0 Å².